The molecule has 0 saturated carbocycles. The first-order valence-corrected chi connectivity index (χ1v) is 5.87. The number of benzene rings is 1. The maximum atomic E-state index is 13.5. The SMILES string of the molecule is CC(C)CCCOc1cc(C(=O)O)c(N)cc1F. The topological polar surface area (TPSA) is 72.5 Å². The summed E-state index contributed by atoms with van der Waals surface area (Å²) in [4.78, 5) is 10.8. The predicted molar refractivity (Wildman–Crippen MR) is 67.3 cm³/mol. The van der Waals surface area contributed by atoms with Crippen LogP contribution in [0.25, 0.3) is 0 Å². The van der Waals surface area contributed by atoms with E-state index >= 15 is 0 Å². The number of anilines is 1. The Morgan fingerprint density at radius 1 is 1.50 bits per heavy atom. The summed E-state index contributed by atoms with van der Waals surface area (Å²) < 4.78 is 18.7. The Balaban J connectivity index is 2.70. The fraction of sp³-hybridized carbons (Fsp3) is 0.462. The van der Waals surface area contributed by atoms with Gasteiger partial charge in [-0.3, -0.25) is 0 Å². The van der Waals surface area contributed by atoms with Crippen LogP contribution in [0.4, 0.5) is 10.1 Å². The van der Waals surface area contributed by atoms with Gasteiger partial charge in [0.2, 0.25) is 0 Å². The summed E-state index contributed by atoms with van der Waals surface area (Å²) in [7, 11) is 0. The van der Waals surface area contributed by atoms with E-state index in [2.05, 4.69) is 13.8 Å². The number of carbonyl (C=O) groups is 1. The van der Waals surface area contributed by atoms with E-state index in [0.29, 0.717) is 12.5 Å². The highest BCUT2D eigenvalue weighted by atomic mass is 19.1. The van der Waals surface area contributed by atoms with Crippen LogP contribution < -0.4 is 10.5 Å². The molecule has 0 aromatic heterocycles. The van der Waals surface area contributed by atoms with Crippen LogP contribution in [0.2, 0.25) is 0 Å². The maximum absolute atomic E-state index is 13.5. The molecule has 1 aromatic carbocycles. The zero-order valence-corrected chi connectivity index (χ0v) is 10.6. The number of halogens is 1. The van der Waals surface area contributed by atoms with Gasteiger partial charge in [0.25, 0.3) is 0 Å². The summed E-state index contributed by atoms with van der Waals surface area (Å²) in [6, 6.07) is 2.10. The van der Waals surface area contributed by atoms with Gasteiger partial charge < -0.3 is 15.6 Å². The van der Waals surface area contributed by atoms with Gasteiger partial charge in [-0.1, -0.05) is 13.8 Å². The second-order valence-electron chi connectivity index (χ2n) is 4.56. The fourth-order valence-electron chi connectivity index (χ4n) is 1.54. The Bertz CT molecular complexity index is 432. The molecule has 0 bridgehead atoms. The van der Waals surface area contributed by atoms with Crippen molar-refractivity contribution in [3.8, 4) is 5.75 Å². The number of carboxylic acid groups (broad SMARTS) is 1. The highest BCUT2D eigenvalue weighted by Gasteiger charge is 2.14. The Labute approximate surface area is 106 Å². The van der Waals surface area contributed by atoms with Crippen molar-refractivity contribution in [3.63, 3.8) is 0 Å². The molecule has 3 N–H and O–H groups in total. The van der Waals surface area contributed by atoms with Crippen molar-refractivity contribution in [2.24, 2.45) is 5.92 Å². The quantitative estimate of drug-likeness (QED) is 0.605. The minimum atomic E-state index is -1.19. The van der Waals surface area contributed by atoms with Crippen molar-refractivity contribution in [3.05, 3.63) is 23.5 Å². The Kier molecular flexibility index (Phi) is 4.95. The lowest BCUT2D eigenvalue weighted by molar-refractivity contribution is 0.0697. The summed E-state index contributed by atoms with van der Waals surface area (Å²) >= 11 is 0. The highest BCUT2D eigenvalue weighted by Crippen LogP contribution is 2.24. The fourth-order valence-corrected chi connectivity index (χ4v) is 1.54. The van der Waals surface area contributed by atoms with E-state index in [1.165, 1.54) is 0 Å². The first-order chi connectivity index (χ1) is 8.41. The van der Waals surface area contributed by atoms with E-state index in [1.54, 1.807) is 0 Å². The zero-order valence-electron chi connectivity index (χ0n) is 10.6. The number of hydrogen-bond acceptors (Lipinski definition) is 3. The van der Waals surface area contributed by atoms with Gasteiger partial charge in [0.05, 0.1) is 12.2 Å². The molecule has 0 fully saturated rings. The number of nitrogens with two attached hydrogens (primary N) is 1. The molecule has 0 saturated heterocycles. The molecular weight excluding hydrogens is 237 g/mol. The van der Waals surface area contributed by atoms with Crippen molar-refractivity contribution >= 4 is 11.7 Å². The lowest BCUT2D eigenvalue weighted by atomic mass is 10.1. The molecule has 1 rings (SSSR count). The molecule has 4 nitrogen and oxygen atoms in total. The van der Waals surface area contributed by atoms with Crippen LogP contribution in [0.15, 0.2) is 12.1 Å². The van der Waals surface area contributed by atoms with Gasteiger partial charge >= 0.3 is 5.97 Å². The summed E-state index contributed by atoms with van der Waals surface area (Å²) in [6.45, 7) is 4.54. The average molecular weight is 255 g/mol. The van der Waals surface area contributed by atoms with Crippen LogP contribution in [0.1, 0.15) is 37.0 Å². The number of carboxylic acids is 1. The summed E-state index contributed by atoms with van der Waals surface area (Å²) in [5, 5.41) is 8.87. The Hall–Kier alpha value is -1.78. The van der Waals surface area contributed by atoms with E-state index in [0.717, 1.165) is 25.0 Å². The van der Waals surface area contributed by atoms with Crippen molar-refractivity contribution in [1.29, 1.82) is 0 Å². The minimum absolute atomic E-state index is 0.0645. The predicted octanol–water partition coefficient (Wildman–Crippen LogP) is 2.92. The molecule has 5 heteroatoms. The molecule has 1 aromatic rings. The van der Waals surface area contributed by atoms with Crippen molar-refractivity contribution < 1.29 is 19.0 Å². The standard InChI is InChI=1S/C13H18FNO3/c1-8(2)4-3-5-18-12-6-9(13(16)17)11(15)7-10(12)14/h6-8H,3-5,15H2,1-2H3,(H,16,17). The monoisotopic (exact) mass is 255 g/mol. The third-order valence-electron chi connectivity index (χ3n) is 2.52. The Morgan fingerprint density at radius 2 is 2.17 bits per heavy atom. The van der Waals surface area contributed by atoms with Crippen molar-refractivity contribution in [2.45, 2.75) is 26.7 Å². The molecule has 18 heavy (non-hydrogen) atoms. The van der Waals surface area contributed by atoms with Crippen LogP contribution >= 0.6 is 0 Å². The van der Waals surface area contributed by atoms with Crippen molar-refractivity contribution in [2.75, 3.05) is 12.3 Å². The summed E-state index contributed by atoms with van der Waals surface area (Å²) in [5.41, 5.74) is 5.16. The van der Waals surface area contributed by atoms with E-state index < -0.39 is 11.8 Å². The highest BCUT2D eigenvalue weighted by molar-refractivity contribution is 5.94. The largest absolute Gasteiger partial charge is 0.490 e. The van der Waals surface area contributed by atoms with Gasteiger partial charge in [0.15, 0.2) is 11.6 Å². The molecular formula is C13H18FNO3. The van der Waals surface area contributed by atoms with Gasteiger partial charge in [-0.05, 0) is 24.8 Å². The molecule has 0 aliphatic rings. The molecule has 0 unspecified atom stereocenters. The first kappa shape index (κ1) is 14.3. The summed E-state index contributed by atoms with van der Waals surface area (Å²) in [5.74, 6) is -1.34. The van der Waals surface area contributed by atoms with Crippen LogP contribution in [0.5, 0.6) is 5.75 Å². The lowest BCUT2D eigenvalue weighted by Gasteiger charge is -2.10. The molecule has 100 valence electrons. The molecule has 0 amide bonds. The van der Waals surface area contributed by atoms with Crippen LogP contribution in [0.3, 0.4) is 0 Å². The van der Waals surface area contributed by atoms with Crippen LogP contribution in [-0.2, 0) is 0 Å². The van der Waals surface area contributed by atoms with Crippen molar-refractivity contribution in [1.82, 2.24) is 0 Å². The van der Waals surface area contributed by atoms with Gasteiger partial charge in [0, 0.05) is 11.8 Å². The zero-order chi connectivity index (χ0) is 13.7. The maximum Gasteiger partial charge on any atom is 0.337 e. The molecule has 0 aliphatic carbocycles. The second-order valence-corrected chi connectivity index (χ2v) is 4.56. The minimum Gasteiger partial charge on any atom is -0.490 e. The molecule has 0 radical (unpaired) electrons. The number of nitrogen functional groups attached to an aromatic ring is 1. The third kappa shape index (κ3) is 3.91. The second kappa shape index (κ2) is 6.23. The Morgan fingerprint density at radius 3 is 2.72 bits per heavy atom. The number of hydrogen-bond donors (Lipinski definition) is 2. The van der Waals surface area contributed by atoms with Gasteiger partial charge in [-0.25, -0.2) is 9.18 Å². The summed E-state index contributed by atoms with van der Waals surface area (Å²) in [6.07, 6.45) is 1.77. The average Bonchev–Trinajstić information content (AvgIpc) is 2.25. The molecule has 0 spiro atoms. The first-order valence-electron chi connectivity index (χ1n) is 5.87. The van der Waals surface area contributed by atoms with Gasteiger partial charge in [-0.2, -0.15) is 0 Å². The van der Waals surface area contributed by atoms with Gasteiger partial charge in [-0.15, -0.1) is 0 Å². The van der Waals surface area contributed by atoms with Crippen LogP contribution in [0, 0.1) is 11.7 Å². The lowest BCUT2D eigenvalue weighted by Crippen LogP contribution is -2.06. The molecule has 0 aliphatic heterocycles. The number of aromatic carboxylic acids is 1. The number of ether oxygens (including phenoxy) is 1. The third-order valence-corrected chi connectivity index (χ3v) is 2.52. The van der Waals surface area contributed by atoms with Gasteiger partial charge in [0.1, 0.15) is 0 Å². The van der Waals surface area contributed by atoms with E-state index in [4.69, 9.17) is 15.6 Å². The normalized spacial score (nSPS) is 10.7. The molecule has 0 atom stereocenters. The van der Waals surface area contributed by atoms with E-state index in [9.17, 15) is 9.18 Å². The smallest absolute Gasteiger partial charge is 0.337 e. The van der Waals surface area contributed by atoms with Crippen LogP contribution in [-0.4, -0.2) is 17.7 Å². The van der Waals surface area contributed by atoms with E-state index in [-0.39, 0.29) is 17.0 Å². The molecule has 0 heterocycles. The number of rotatable bonds is 6. The van der Waals surface area contributed by atoms with E-state index in [1.807, 2.05) is 0 Å².